The van der Waals surface area contributed by atoms with Crippen LogP contribution in [0.15, 0.2) is 60.7 Å². The summed E-state index contributed by atoms with van der Waals surface area (Å²) in [6.45, 7) is 0.0942. The molecule has 0 fully saturated rings. The summed E-state index contributed by atoms with van der Waals surface area (Å²) in [5.41, 5.74) is 0.145. The third kappa shape index (κ3) is 3.67. The highest BCUT2D eigenvalue weighted by atomic mass is 19.1. The van der Waals surface area contributed by atoms with Gasteiger partial charge in [-0.1, -0.05) is 48.5 Å². The molecule has 0 aliphatic carbocycles. The zero-order chi connectivity index (χ0) is 17.8. The minimum absolute atomic E-state index is 0.0942. The van der Waals surface area contributed by atoms with Gasteiger partial charge in [-0.25, -0.2) is 8.78 Å². The lowest BCUT2D eigenvalue weighted by molar-refractivity contribution is 0.0934. The van der Waals surface area contributed by atoms with Gasteiger partial charge in [0.2, 0.25) is 0 Å². The Morgan fingerprint density at radius 3 is 2.36 bits per heavy atom. The van der Waals surface area contributed by atoms with E-state index in [0.29, 0.717) is 0 Å². The zero-order valence-electron chi connectivity index (χ0n) is 13.4. The number of hydrogen-bond acceptors (Lipinski definition) is 2. The van der Waals surface area contributed by atoms with Crippen molar-refractivity contribution in [3.05, 3.63) is 83.4 Å². The SMILES string of the molecule is O=C(NCCC(O)c1cccc2ccccc12)c1c(F)cccc1F. The van der Waals surface area contributed by atoms with Crippen LogP contribution in [0.25, 0.3) is 10.8 Å². The van der Waals surface area contributed by atoms with Crippen molar-refractivity contribution in [2.24, 2.45) is 0 Å². The van der Waals surface area contributed by atoms with Crippen LogP contribution < -0.4 is 5.32 Å². The second-order valence-electron chi connectivity index (χ2n) is 5.73. The van der Waals surface area contributed by atoms with Crippen LogP contribution in [0.1, 0.15) is 28.4 Å². The van der Waals surface area contributed by atoms with E-state index < -0.39 is 29.2 Å². The summed E-state index contributed by atoms with van der Waals surface area (Å²) in [5, 5.41) is 14.8. The van der Waals surface area contributed by atoms with E-state index in [9.17, 15) is 18.7 Å². The van der Waals surface area contributed by atoms with E-state index in [1.807, 2.05) is 42.5 Å². The van der Waals surface area contributed by atoms with E-state index in [-0.39, 0.29) is 13.0 Å². The number of fused-ring (bicyclic) bond motifs is 1. The van der Waals surface area contributed by atoms with E-state index in [4.69, 9.17) is 0 Å². The summed E-state index contributed by atoms with van der Waals surface area (Å²) < 4.78 is 27.2. The van der Waals surface area contributed by atoms with Gasteiger partial charge in [-0.3, -0.25) is 4.79 Å². The summed E-state index contributed by atoms with van der Waals surface area (Å²) in [6.07, 6.45) is -0.563. The standard InChI is InChI=1S/C20H17F2NO2/c21-16-9-4-10-17(22)19(16)20(25)23-12-11-18(24)15-8-3-6-13-5-1-2-7-14(13)15/h1-10,18,24H,11-12H2,(H,23,25). The van der Waals surface area contributed by atoms with E-state index in [0.717, 1.165) is 28.5 Å². The largest absolute Gasteiger partial charge is 0.388 e. The van der Waals surface area contributed by atoms with Gasteiger partial charge < -0.3 is 10.4 Å². The minimum atomic E-state index is -0.910. The molecule has 2 N–H and O–H groups in total. The van der Waals surface area contributed by atoms with Gasteiger partial charge >= 0.3 is 0 Å². The normalized spacial score (nSPS) is 12.1. The predicted octanol–water partition coefficient (Wildman–Crippen LogP) is 3.97. The van der Waals surface area contributed by atoms with E-state index in [2.05, 4.69) is 5.32 Å². The summed E-state index contributed by atoms with van der Waals surface area (Å²) in [6, 6.07) is 16.6. The van der Waals surface area contributed by atoms with Gasteiger partial charge in [0.15, 0.2) is 0 Å². The third-order valence-electron chi connectivity index (χ3n) is 4.08. The Morgan fingerprint density at radius 2 is 1.60 bits per heavy atom. The number of nitrogens with one attached hydrogen (secondary N) is 1. The Morgan fingerprint density at radius 1 is 0.960 bits per heavy atom. The van der Waals surface area contributed by atoms with Crippen molar-refractivity contribution in [2.75, 3.05) is 6.54 Å². The van der Waals surface area contributed by atoms with Crippen LogP contribution in [-0.4, -0.2) is 17.6 Å². The zero-order valence-corrected chi connectivity index (χ0v) is 13.4. The molecule has 1 atom stereocenters. The monoisotopic (exact) mass is 341 g/mol. The van der Waals surface area contributed by atoms with Crippen molar-refractivity contribution in [1.29, 1.82) is 0 Å². The fourth-order valence-corrected chi connectivity index (χ4v) is 2.82. The molecule has 0 aliphatic rings. The van der Waals surface area contributed by atoms with E-state index >= 15 is 0 Å². The van der Waals surface area contributed by atoms with Gasteiger partial charge in [-0.2, -0.15) is 0 Å². The average Bonchev–Trinajstić information content (AvgIpc) is 2.61. The molecule has 0 spiro atoms. The van der Waals surface area contributed by atoms with Gasteiger partial charge in [0, 0.05) is 6.54 Å². The number of rotatable bonds is 5. The molecule has 0 heterocycles. The van der Waals surface area contributed by atoms with Gasteiger partial charge in [-0.15, -0.1) is 0 Å². The Bertz CT molecular complexity index is 886. The molecule has 0 aliphatic heterocycles. The predicted molar refractivity (Wildman–Crippen MR) is 92.2 cm³/mol. The molecule has 0 aromatic heterocycles. The molecule has 0 radical (unpaired) electrons. The van der Waals surface area contributed by atoms with E-state index in [1.165, 1.54) is 6.07 Å². The second kappa shape index (κ2) is 7.40. The van der Waals surface area contributed by atoms with Crippen LogP contribution in [0.3, 0.4) is 0 Å². The quantitative estimate of drug-likeness (QED) is 0.738. The van der Waals surface area contributed by atoms with Crippen molar-refractivity contribution in [2.45, 2.75) is 12.5 Å². The van der Waals surface area contributed by atoms with Crippen molar-refractivity contribution in [3.8, 4) is 0 Å². The lowest BCUT2D eigenvalue weighted by Crippen LogP contribution is -2.27. The van der Waals surface area contributed by atoms with Crippen molar-refractivity contribution >= 4 is 16.7 Å². The van der Waals surface area contributed by atoms with Gasteiger partial charge in [-0.05, 0) is 34.9 Å². The van der Waals surface area contributed by atoms with Gasteiger partial charge in [0.1, 0.15) is 17.2 Å². The number of aliphatic hydroxyl groups excluding tert-OH is 1. The van der Waals surface area contributed by atoms with Crippen molar-refractivity contribution in [3.63, 3.8) is 0 Å². The molecular weight excluding hydrogens is 324 g/mol. The summed E-state index contributed by atoms with van der Waals surface area (Å²) in [4.78, 5) is 11.9. The first-order chi connectivity index (χ1) is 12.1. The summed E-state index contributed by atoms with van der Waals surface area (Å²) in [7, 11) is 0. The fourth-order valence-electron chi connectivity index (χ4n) is 2.82. The molecule has 128 valence electrons. The molecule has 0 bridgehead atoms. The molecular formula is C20H17F2NO2. The Labute approximate surface area is 143 Å². The maximum atomic E-state index is 13.6. The first kappa shape index (κ1) is 17.0. The first-order valence-electron chi connectivity index (χ1n) is 7.96. The fraction of sp³-hybridized carbons (Fsp3) is 0.150. The number of aliphatic hydroxyl groups is 1. The number of halogens is 2. The average molecular weight is 341 g/mol. The highest BCUT2D eigenvalue weighted by molar-refractivity contribution is 5.94. The molecule has 3 aromatic carbocycles. The number of carbonyl (C=O) groups is 1. The van der Waals surface area contributed by atoms with Crippen LogP contribution in [-0.2, 0) is 0 Å². The van der Waals surface area contributed by atoms with Crippen LogP contribution in [0.5, 0.6) is 0 Å². The maximum Gasteiger partial charge on any atom is 0.257 e. The minimum Gasteiger partial charge on any atom is -0.388 e. The van der Waals surface area contributed by atoms with Crippen molar-refractivity contribution < 1.29 is 18.7 Å². The topological polar surface area (TPSA) is 49.3 Å². The first-order valence-corrected chi connectivity index (χ1v) is 7.96. The summed E-state index contributed by atoms with van der Waals surface area (Å²) >= 11 is 0. The highest BCUT2D eigenvalue weighted by Gasteiger charge is 2.17. The van der Waals surface area contributed by atoms with Crippen molar-refractivity contribution in [1.82, 2.24) is 5.32 Å². The highest BCUT2D eigenvalue weighted by Crippen LogP contribution is 2.25. The molecule has 0 saturated carbocycles. The smallest absolute Gasteiger partial charge is 0.257 e. The Kier molecular flexibility index (Phi) is 5.05. The summed E-state index contributed by atoms with van der Waals surface area (Å²) in [5.74, 6) is -2.65. The Balaban J connectivity index is 1.66. The third-order valence-corrected chi connectivity index (χ3v) is 4.08. The number of amides is 1. The maximum absolute atomic E-state index is 13.6. The molecule has 3 aromatic rings. The van der Waals surface area contributed by atoms with E-state index in [1.54, 1.807) is 0 Å². The van der Waals surface area contributed by atoms with Crippen LogP contribution >= 0.6 is 0 Å². The van der Waals surface area contributed by atoms with Crippen LogP contribution in [0.4, 0.5) is 8.78 Å². The number of hydrogen-bond donors (Lipinski definition) is 2. The molecule has 3 nitrogen and oxygen atoms in total. The van der Waals surface area contributed by atoms with Gasteiger partial charge in [0.25, 0.3) is 5.91 Å². The van der Waals surface area contributed by atoms with Gasteiger partial charge in [0.05, 0.1) is 6.10 Å². The molecule has 1 amide bonds. The second-order valence-corrected chi connectivity index (χ2v) is 5.73. The molecule has 5 heteroatoms. The lowest BCUT2D eigenvalue weighted by atomic mass is 9.99. The number of benzene rings is 3. The lowest BCUT2D eigenvalue weighted by Gasteiger charge is -2.14. The molecule has 0 saturated heterocycles. The Hall–Kier alpha value is -2.79. The van der Waals surface area contributed by atoms with Crippen LogP contribution in [0, 0.1) is 11.6 Å². The van der Waals surface area contributed by atoms with Crippen LogP contribution in [0.2, 0.25) is 0 Å². The molecule has 3 rings (SSSR count). The molecule has 1 unspecified atom stereocenters. The number of carbonyl (C=O) groups excluding carboxylic acids is 1. The molecule has 25 heavy (non-hydrogen) atoms.